The molecule has 7 nitrogen and oxygen atoms in total. The monoisotopic (exact) mass is 458 g/mol. The lowest BCUT2D eigenvalue weighted by molar-refractivity contribution is 0.0526. The van der Waals surface area contributed by atoms with Gasteiger partial charge in [-0.15, -0.1) is 6.58 Å². The number of carbonyl (C=O) groups excluding carboxylic acids is 2. The van der Waals surface area contributed by atoms with E-state index in [0.29, 0.717) is 16.9 Å². The standard InChI is InChI=1S/C22H22N2O5S2/c1-4-12-24-18-11-10-16(21(26)29-5-2)14-19(18)30-22(24)23-20(25)15-8-7-9-17(13-15)31(27,28)6-3/h4,7-11,13-14H,1,5-6,12H2,2-3H3. The SMILES string of the molecule is C=CCn1c(=NC(=O)c2cccc(S(=O)(=O)CC)c2)sc2cc(C(=O)OCC)ccc21. The zero-order chi connectivity index (χ0) is 22.6. The van der Waals surface area contributed by atoms with Crippen molar-refractivity contribution in [3.63, 3.8) is 0 Å². The van der Waals surface area contributed by atoms with E-state index in [0.717, 1.165) is 10.2 Å². The fourth-order valence-corrected chi connectivity index (χ4v) is 4.95. The van der Waals surface area contributed by atoms with Gasteiger partial charge >= 0.3 is 5.97 Å². The minimum Gasteiger partial charge on any atom is -0.462 e. The van der Waals surface area contributed by atoms with E-state index in [9.17, 15) is 18.0 Å². The maximum atomic E-state index is 12.8. The van der Waals surface area contributed by atoms with E-state index < -0.39 is 21.7 Å². The first-order chi connectivity index (χ1) is 14.8. The van der Waals surface area contributed by atoms with Crippen molar-refractivity contribution in [2.24, 2.45) is 4.99 Å². The number of rotatable bonds is 7. The second-order valence-electron chi connectivity index (χ2n) is 6.54. The van der Waals surface area contributed by atoms with Crippen LogP contribution < -0.4 is 4.80 Å². The molecule has 0 atom stereocenters. The number of fused-ring (bicyclic) bond motifs is 1. The topological polar surface area (TPSA) is 94.8 Å². The van der Waals surface area contributed by atoms with Gasteiger partial charge in [0.2, 0.25) is 0 Å². The molecule has 0 aliphatic rings. The third-order valence-electron chi connectivity index (χ3n) is 4.52. The number of sulfone groups is 1. The van der Waals surface area contributed by atoms with Crippen molar-refractivity contribution < 1.29 is 22.7 Å². The average Bonchev–Trinajstić information content (AvgIpc) is 3.10. The van der Waals surface area contributed by atoms with Crippen LogP contribution in [-0.4, -0.2) is 37.2 Å². The van der Waals surface area contributed by atoms with Crippen molar-refractivity contribution in [1.82, 2.24) is 4.57 Å². The number of aromatic nitrogens is 1. The summed E-state index contributed by atoms with van der Waals surface area (Å²) in [5.41, 5.74) is 1.40. The number of carbonyl (C=O) groups is 2. The zero-order valence-electron chi connectivity index (χ0n) is 17.2. The molecule has 0 saturated heterocycles. The molecule has 0 N–H and O–H groups in total. The number of amides is 1. The number of allylic oxidation sites excluding steroid dienone is 1. The Hall–Kier alpha value is -3.04. The fraction of sp³-hybridized carbons (Fsp3) is 0.227. The lowest BCUT2D eigenvalue weighted by atomic mass is 10.2. The molecule has 3 aromatic rings. The Balaban J connectivity index is 2.09. The molecule has 0 bridgehead atoms. The molecule has 3 rings (SSSR count). The minimum atomic E-state index is -3.44. The summed E-state index contributed by atoms with van der Waals surface area (Å²) in [6.07, 6.45) is 1.68. The van der Waals surface area contributed by atoms with E-state index in [1.807, 2.05) is 4.57 Å². The molecular formula is C22H22N2O5S2. The van der Waals surface area contributed by atoms with Gasteiger partial charge in [0, 0.05) is 12.1 Å². The van der Waals surface area contributed by atoms with Crippen LogP contribution >= 0.6 is 11.3 Å². The van der Waals surface area contributed by atoms with Crippen molar-refractivity contribution in [3.8, 4) is 0 Å². The predicted octanol–water partition coefficient (Wildman–Crippen LogP) is 3.60. The Kier molecular flexibility index (Phi) is 6.87. The van der Waals surface area contributed by atoms with Crippen molar-refractivity contribution in [1.29, 1.82) is 0 Å². The molecule has 2 aromatic carbocycles. The van der Waals surface area contributed by atoms with Crippen molar-refractivity contribution in [2.45, 2.75) is 25.3 Å². The third-order valence-corrected chi connectivity index (χ3v) is 7.30. The maximum Gasteiger partial charge on any atom is 0.338 e. The molecule has 1 aromatic heterocycles. The Labute approximate surface area is 184 Å². The van der Waals surface area contributed by atoms with Gasteiger partial charge in [0.05, 0.1) is 33.0 Å². The van der Waals surface area contributed by atoms with Crippen molar-refractivity contribution >= 4 is 43.3 Å². The fourth-order valence-electron chi connectivity index (χ4n) is 2.95. The van der Waals surface area contributed by atoms with E-state index >= 15 is 0 Å². The number of esters is 1. The Bertz CT molecular complexity index is 1330. The highest BCUT2D eigenvalue weighted by molar-refractivity contribution is 7.91. The maximum absolute atomic E-state index is 12.8. The summed E-state index contributed by atoms with van der Waals surface area (Å²) < 4.78 is 31.9. The van der Waals surface area contributed by atoms with Crippen LogP contribution in [0.25, 0.3) is 10.2 Å². The highest BCUT2D eigenvalue weighted by Crippen LogP contribution is 2.20. The highest BCUT2D eigenvalue weighted by atomic mass is 32.2. The quantitative estimate of drug-likeness (QED) is 0.398. The Morgan fingerprint density at radius 2 is 1.94 bits per heavy atom. The summed E-state index contributed by atoms with van der Waals surface area (Å²) in [5.74, 6) is -1.03. The molecule has 0 saturated carbocycles. The second kappa shape index (κ2) is 9.40. The molecule has 0 aliphatic heterocycles. The van der Waals surface area contributed by atoms with Crippen LogP contribution in [0.2, 0.25) is 0 Å². The van der Waals surface area contributed by atoms with Crippen LogP contribution in [0.4, 0.5) is 0 Å². The first-order valence-corrected chi connectivity index (χ1v) is 12.1. The molecular weight excluding hydrogens is 436 g/mol. The van der Waals surface area contributed by atoms with E-state index in [4.69, 9.17) is 4.74 Å². The summed E-state index contributed by atoms with van der Waals surface area (Å²) in [4.78, 5) is 29.6. The smallest absolute Gasteiger partial charge is 0.338 e. The van der Waals surface area contributed by atoms with E-state index in [1.54, 1.807) is 38.1 Å². The molecule has 9 heteroatoms. The summed E-state index contributed by atoms with van der Waals surface area (Å²) in [7, 11) is -3.44. The van der Waals surface area contributed by atoms with E-state index in [1.165, 1.54) is 35.6 Å². The zero-order valence-corrected chi connectivity index (χ0v) is 18.8. The van der Waals surface area contributed by atoms with E-state index in [2.05, 4.69) is 11.6 Å². The van der Waals surface area contributed by atoms with Gasteiger partial charge in [-0.2, -0.15) is 4.99 Å². The van der Waals surface area contributed by atoms with Crippen LogP contribution in [-0.2, 0) is 21.1 Å². The molecule has 1 amide bonds. The van der Waals surface area contributed by atoms with Gasteiger partial charge in [0.1, 0.15) is 0 Å². The highest BCUT2D eigenvalue weighted by Gasteiger charge is 2.15. The summed E-state index contributed by atoms with van der Waals surface area (Å²) in [6.45, 7) is 7.73. The number of thiazole rings is 1. The average molecular weight is 459 g/mol. The number of nitrogens with zero attached hydrogens (tertiary/aromatic N) is 2. The van der Waals surface area contributed by atoms with Gasteiger partial charge in [0.15, 0.2) is 14.6 Å². The van der Waals surface area contributed by atoms with Crippen LogP contribution in [0, 0.1) is 0 Å². The molecule has 162 valence electrons. The van der Waals surface area contributed by atoms with Crippen molar-refractivity contribution in [2.75, 3.05) is 12.4 Å². The molecule has 0 fully saturated rings. The van der Waals surface area contributed by atoms with Crippen molar-refractivity contribution in [3.05, 3.63) is 71.0 Å². The summed E-state index contributed by atoms with van der Waals surface area (Å²) >= 11 is 1.25. The third kappa shape index (κ3) is 4.83. The van der Waals surface area contributed by atoms with Gasteiger partial charge < -0.3 is 9.30 Å². The van der Waals surface area contributed by atoms with Crippen LogP contribution in [0.1, 0.15) is 34.6 Å². The first-order valence-electron chi connectivity index (χ1n) is 9.64. The predicted molar refractivity (Wildman–Crippen MR) is 120 cm³/mol. The number of hydrogen-bond donors (Lipinski definition) is 0. The molecule has 0 unspecified atom stereocenters. The number of hydrogen-bond acceptors (Lipinski definition) is 6. The Morgan fingerprint density at radius 1 is 1.16 bits per heavy atom. The molecule has 0 radical (unpaired) electrons. The number of benzene rings is 2. The lowest BCUT2D eigenvalue weighted by Gasteiger charge is -2.04. The normalized spacial score (nSPS) is 12.1. The summed E-state index contributed by atoms with van der Waals surface area (Å²) in [6, 6.07) is 11.0. The molecule has 1 heterocycles. The number of ether oxygens (including phenoxy) is 1. The van der Waals surface area contributed by atoms with Gasteiger partial charge in [-0.3, -0.25) is 4.79 Å². The molecule has 0 spiro atoms. The second-order valence-corrected chi connectivity index (χ2v) is 9.82. The van der Waals surface area contributed by atoms with Gasteiger partial charge in [-0.1, -0.05) is 30.4 Å². The summed E-state index contributed by atoms with van der Waals surface area (Å²) in [5, 5.41) is 0. The lowest BCUT2D eigenvalue weighted by Crippen LogP contribution is -2.16. The van der Waals surface area contributed by atoms with Gasteiger partial charge in [-0.25, -0.2) is 13.2 Å². The molecule has 0 aliphatic carbocycles. The van der Waals surface area contributed by atoms with Crippen LogP contribution in [0.3, 0.4) is 0 Å². The van der Waals surface area contributed by atoms with E-state index in [-0.39, 0.29) is 22.8 Å². The van der Waals surface area contributed by atoms with Crippen LogP contribution in [0.15, 0.2) is 65.0 Å². The van der Waals surface area contributed by atoms with Gasteiger partial charge in [0.25, 0.3) is 5.91 Å². The first kappa shape index (κ1) is 22.6. The minimum absolute atomic E-state index is 0.0553. The van der Waals surface area contributed by atoms with Crippen LogP contribution in [0.5, 0.6) is 0 Å². The largest absolute Gasteiger partial charge is 0.462 e. The molecule has 31 heavy (non-hydrogen) atoms. The Morgan fingerprint density at radius 3 is 2.61 bits per heavy atom. The van der Waals surface area contributed by atoms with Gasteiger partial charge in [-0.05, 0) is 43.3 Å².